The summed E-state index contributed by atoms with van der Waals surface area (Å²) >= 11 is 0. The summed E-state index contributed by atoms with van der Waals surface area (Å²) in [5.41, 5.74) is 4.85. The van der Waals surface area contributed by atoms with Gasteiger partial charge in [0.05, 0.1) is 12.7 Å². The molecule has 0 saturated carbocycles. The second kappa shape index (κ2) is 6.44. The third-order valence-corrected chi connectivity index (χ3v) is 3.16. The second-order valence-electron chi connectivity index (χ2n) is 4.12. The normalized spacial score (nSPS) is 22.5. The van der Waals surface area contributed by atoms with Crippen molar-refractivity contribution in [3.8, 4) is 0 Å². The minimum atomic E-state index is -4.50. The van der Waals surface area contributed by atoms with Crippen molar-refractivity contribution in [1.82, 2.24) is 15.7 Å². The molecule has 1 aromatic heterocycles. The van der Waals surface area contributed by atoms with E-state index in [0.29, 0.717) is 12.8 Å². The molecule has 2 atom stereocenters. The molecule has 114 valence electrons. The Hall–Kier alpha value is -1.29. The van der Waals surface area contributed by atoms with E-state index in [1.807, 2.05) is 0 Å². The highest BCUT2D eigenvalue weighted by atomic mass is 31.2. The quantitative estimate of drug-likeness (QED) is 0.548. The molecule has 1 aliphatic rings. The maximum atomic E-state index is 11.6. The molecule has 1 fully saturated rings. The minimum Gasteiger partial charge on any atom is -0.383 e. The van der Waals surface area contributed by atoms with Crippen molar-refractivity contribution in [1.29, 1.82) is 0 Å². The van der Waals surface area contributed by atoms with Gasteiger partial charge < -0.3 is 26.4 Å². The fraction of sp³-hybridized carbons (Fsp3) is 0.556. The monoisotopic (exact) mass is 308 g/mol. The molecule has 0 aromatic carbocycles. The number of hydrogen-bond donors (Lipinski definition) is 4. The molecule has 0 spiro atoms. The minimum absolute atomic E-state index is 0. The van der Waals surface area contributed by atoms with Crippen molar-refractivity contribution < 1.29 is 23.6 Å². The van der Waals surface area contributed by atoms with Gasteiger partial charge >= 0.3 is 13.5 Å². The predicted molar refractivity (Wildman–Crippen MR) is 69.1 cm³/mol. The molecule has 11 heteroatoms. The summed E-state index contributed by atoms with van der Waals surface area (Å²) in [5.74, 6) is 0.126. The maximum Gasteiger partial charge on any atom is 0.469 e. The molecule has 0 amide bonds. The van der Waals surface area contributed by atoms with Crippen LogP contribution in [0.15, 0.2) is 17.1 Å². The van der Waals surface area contributed by atoms with Crippen LogP contribution in [0.1, 0.15) is 19.1 Å². The van der Waals surface area contributed by atoms with Crippen LogP contribution in [0.5, 0.6) is 0 Å². The van der Waals surface area contributed by atoms with Crippen LogP contribution in [0.3, 0.4) is 0 Å². The zero-order chi connectivity index (χ0) is 14.0. The Morgan fingerprint density at radius 3 is 2.85 bits per heavy atom. The fourth-order valence-electron chi connectivity index (χ4n) is 1.84. The lowest BCUT2D eigenvalue weighted by atomic mass is 10.2. The summed E-state index contributed by atoms with van der Waals surface area (Å²) in [4.78, 5) is 32.3. The van der Waals surface area contributed by atoms with E-state index in [0.717, 1.165) is 0 Å². The highest BCUT2D eigenvalue weighted by Gasteiger charge is 2.29. The Labute approximate surface area is 114 Å². The summed E-state index contributed by atoms with van der Waals surface area (Å²) in [7, 11) is -4.50. The van der Waals surface area contributed by atoms with Gasteiger partial charge in [0.2, 0.25) is 0 Å². The first-order chi connectivity index (χ1) is 8.85. The number of hydrogen-bond acceptors (Lipinski definition) is 7. The predicted octanol–water partition coefficient (Wildman–Crippen LogP) is -0.226. The second-order valence-corrected chi connectivity index (χ2v) is 5.36. The standard InChI is InChI=1S/C9H14N3O6P.H3N/c10-7-3-4-12(9(13)11-7)8-2-1-6(18-8)5-17-19(14,15)16;/h3-4,6,8H,1-2,5H2,(H2,10,11,13)(H2,14,15,16);1H3. The molecule has 2 heterocycles. The van der Waals surface area contributed by atoms with Gasteiger partial charge in [-0.15, -0.1) is 0 Å². The molecule has 0 radical (unpaired) electrons. The lowest BCUT2D eigenvalue weighted by molar-refractivity contribution is -0.0242. The van der Waals surface area contributed by atoms with E-state index in [1.54, 1.807) is 0 Å². The molecule has 1 saturated heterocycles. The Bertz CT molecular complexity index is 558. The summed E-state index contributed by atoms with van der Waals surface area (Å²) < 4.78 is 21.7. The lowest BCUT2D eigenvalue weighted by Crippen LogP contribution is -2.27. The number of anilines is 1. The van der Waals surface area contributed by atoms with Gasteiger partial charge in [-0.05, 0) is 18.9 Å². The van der Waals surface area contributed by atoms with Gasteiger partial charge in [0.1, 0.15) is 12.0 Å². The molecule has 2 unspecified atom stereocenters. The topological polar surface area (TPSA) is 172 Å². The first-order valence-electron chi connectivity index (χ1n) is 5.55. The average Bonchev–Trinajstić information content (AvgIpc) is 2.74. The molecular formula is C9H17N4O6P. The van der Waals surface area contributed by atoms with Crippen LogP contribution in [-0.4, -0.2) is 32.0 Å². The first-order valence-corrected chi connectivity index (χ1v) is 7.08. The average molecular weight is 308 g/mol. The number of aromatic nitrogens is 2. The highest BCUT2D eigenvalue weighted by Crippen LogP contribution is 2.37. The van der Waals surface area contributed by atoms with E-state index in [-0.39, 0.29) is 18.6 Å². The Balaban J connectivity index is 0.00000200. The largest absolute Gasteiger partial charge is 0.469 e. The van der Waals surface area contributed by atoms with Gasteiger partial charge in [0.15, 0.2) is 0 Å². The van der Waals surface area contributed by atoms with Gasteiger partial charge in [-0.1, -0.05) is 0 Å². The molecule has 10 nitrogen and oxygen atoms in total. The SMILES string of the molecule is N.Nc1ccn(C2CCC(COP(=O)(O)O)O2)c(=O)n1. The molecule has 20 heavy (non-hydrogen) atoms. The summed E-state index contributed by atoms with van der Waals surface area (Å²) in [6.45, 7) is -0.224. The van der Waals surface area contributed by atoms with Crippen LogP contribution in [0.25, 0.3) is 0 Å². The van der Waals surface area contributed by atoms with E-state index in [4.69, 9.17) is 20.3 Å². The van der Waals surface area contributed by atoms with E-state index in [2.05, 4.69) is 9.51 Å². The summed E-state index contributed by atoms with van der Waals surface area (Å²) in [6.07, 6.45) is 1.54. The number of nitrogen functional groups attached to an aromatic ring is 1. The number of nitrogens with zero attached hydrogens (tertiary/aromatic N) is 2. The molecule has 1 aromatic rings. The number of ether oxygens (including phenoxy) is 1. The van der Waals surface area contributed by atoms with Crippen molar-refractivity contribution in [3.05, 3.63) is 22.7 Å². The highest BCUT2D eigenvalue weighted by molar-refractivity contribution is 7.46. The molecule has 0 aliphatic carbocycles. The van der Waals surface area contributed by atoms with Crippen LogP contribution in [0.2, 0.25) is 0 Å². The fourth-order valence-corrected chi connectivity index (χ4v) is 2.20. The van der Waals surface area contributed by atoms with Crippen LogP contribution < -0.4 is 17.6 Å². The van der Waals surface area contributed by atoms with E-state index >= 15 is 0 Å². The molecule has 0 bridgehead atoms. The Kier molecular flexibility index (Phi) is 5.40. The maximum absolute atomic E-state index is 11.6. The van der Waals surface area contributed by atoms with E-state index < -0.39 is 25.8 Å². The third-order valence-electron chi connectivity index (χ3n) is 2.68. The number of phosphoric ester groups is 1. The van der Waals surface area contributed by atoms with Crippen LogP contribution in [0.4, 0.5) is 5.82 Å². The van der Waals surface area contributed by atoms with E-state index in [1.165, 1.54) is 16.8 Å². The molecular weight excluding hydrogens is 291 g/mol. The van der Waals surface area contributed by atoms with Gasteiger partial charge in [0, 0.05) is 6.20 Å². The molecule has 1 aliphatic heterocycles. The van der Waals surface area contributed by atoms with Crippen LogP contribution >= 0.6 is 7.82 Å². The van der Waals surface area contributed by atoms with Crippen molar-refractivity contribution in [2.45, 2.75) is 25.2 Å². The summed E-state index contributed by atoms with van der Waals surface area (Å²) in [5, 5.41) is 0. The van der Waals surface area contributed by atoms with E-state index in [9.17, 15) is 9.36 Å². The zero-order valence-electron chi connectivity index (χ0n) is 10.6. The zero-order valence-corrected chi connectivity index (χ0v) is 11.5. The number of phosphoric acid groups is 1. The van der Waals surface area contributed by atoms with Gasteiger partial charge in [-0.25, -0.2) is 9.36 Å². The first kappa shape index (κ1) is 16.8. The van der Waals surface area contributed by atoms with Gasteiger partial charge in [-0.2, -0.15) is 4.98 Å². The smallest absolute Gasteiger partial charge is 0.383 e. The Morgan fingerprint density at radius 2 is 2.25 bits per heavy atom. The van der Waals surface area contributed by atoms with Crippen molar-refractivity contribution >= 4 is 13.6 Å². The van der Waals surface area contributed by atoms with Crippen LogP contribution in [-0.2, 0) is 13.8 Å². The number of rotatable bonds is 4. The van der Waals surface area contributed by atoms with Crippen molar-refractivity contribution in [3.63, 3.8) is 0 Å². The van der Waals surface area contributed by atoms with Crippen LogP contribution in [0, 0.1) is 0 Å². The van der Waals surface area contributed by atoms with Gasteiger partial charge in [-0.3, -0.25) is 9.09 Å². The van der Waals surface area contributed by atoms with Gasteiger partial charge in [0.25, 0.3) is 0 Å². The summed E-state index contributed by atoms with van der Waals surface area (Å²) in [6, 6.07) is 1.48. The molecule has 2 rings (SSSR count). The third kappa shape index (κ3) is 4.37. The molecule has 7 N–H and O–H groups in total. The lowest BCUT2D eigenvalue weighted by Gasteiger charge is -2.15. The Morgan fingerprint density at radius 1 is 1.55 bits per heavy atom. The number of nitrogens with two attached hydrogens (primary N) is 1. The van der Waals surface area contributed by atoms with Crippen molar-refractivity contribution in [2.75, 3.05) is 12.3 Å². The van der Waals surface area contributed by atoms with Crippen molar-refractivity contribution in [2.24, 2.45) is 0 Å².